The van der Waals surface area contributed by atoms with Gasteiger partial charge in [-0.1, -0.05) is 23.7 Å². The molecule has 0 saturated carbocycles. The van der Waals surface area contributed by atoms with Crippen LogP contribution in [0.5, 0.6) is 0 Å². The molecule has 0 aliphatic heterocycles. The molecule has 1 aromatic carbocycles. The Balaban J connectivity index is 1.74. The van der Waals surface area contributed by atoms with Crippen LogP contribution in [0.3, 0.4) is 0 Å². The van der Waals surface area contributed by atoms with E-state index in [2.05, 4.69) is 25.1 Å². The third kappa shape index (κ3) is 6.31. The second-order valence-corrected chi connectivity index (χ2v) is 11.3. The molecule has 0 bridgehead atoms. The Labute approximate surface area is 202 Å². The number of carbonyl (C=O) groups is 1. The quantitative estimate of drug-likeness (QED) is 0.282. The molecule has 0 spiro atoms. The minimum Gasteiger partial charge on any atom is -0.480 e. The van der Waals surface area contributed by atoms with Crippen LogP contribution in [0.1, 0.15) is 39.3 Å². The van der Waals surface area contributed by atoms with Crippen LogP contribution in [0.2, 0.25) is 5.02 Å². The first-order valence-corrected chi connectivity index (χ1v) is 12.9. The van der Waals surface area contributed by atoms with Gasteiger partial charge in [-0.05, 0) is 45.4 Å². The van der Waals surface area contributed by atoms with Gasteiger partial charge in [-0.25, -0.2) is 25.1 Å². The van der Waals surface area contributed by atoms with Gasteiger partial charge in [-0.3, -0.25) is 9.36 Å². The molecule has 3 rings (SSSR count). The van der Waals surface area contributed by atoms with Gasteiger partial charge in [0.15, 0.2) is 11.5 Å². The molecule has 34 heavy (non-hydrogen) atoms. The molecule has 11 nitrogen and oxygen atoms in total. The predicted molar refractivity (Wildman–Crippen MR) is 131 cm³/mol. The summed E-state index contributed by atoms with van der Waals surface area (Å²) < 4.78 is 21.5. The van der Waals surface area contributed by atoms with Crippen molar-refractivity contribution in [2.45, 2.75) is 51.9 Å². The number of ether oxygens (including phenoxy) is 1. The number of halogens is 1. The van der Waals surface area contributed by atoms with Gasteiger partial charge in [-0.2, -0.15) is 0 Å². The molecule has 2 heterocycles. The Morgan fingerprint density at radius 1 is 1.26 bits per heavy atom. The maximum absolute atomic E-state index is 13.9. The van der Waals surface area contributed by atoms with Crippen LogP contribution in [-0.2, 0) is 20.6 Å². The summed E-state index contributed by atoms with van der Waals surface area (Å²) in [6.07, 6.45) is 2.30. The van der Waals surface area contributed by atoms with Crippen molar-refractivity contribution >= 4 is 42.0 Å². The van der Waals surface area contributed by atoms with E-state index in [-0.39, 0.29) is 18.2 Å². The third-order valence-corrected chi connectivity index (χ3v) is 7.68. The monoisotopic (exact) mass is 509 g/mol. The molecule has 0 radical (unpaired) electrons. The van der Waals surface area contributed by atoms with Crippen molar-refractivity contribution in [3.05, 3.63) is 47.5 Å². The smallest absolute Gasteiger partial charge is 0.323 e. The first-order chi connectivity index (χ1) is 15.9. The fraction of sp³-hybridized carbons (Fsp3) is 0.429. The number of benzene rings is 1. The summed E-state index contributed by atoms with van der Waals surface area (Å²) in [5, 5.41) is 16.0. The maximum Gasteiger partial charge on any atom is 0.323 e. The molecular formula is C21H29ClN7O4P. The zero-order chi connectivity index (χ0) is 25.1. The molecule has 2 unspecified atom stereocenters. The van der Waals surface area contributed by atoms with Gasteiger partial charge in [-0.15, -0.1) is 0 Å². The van der Waals surface area contributed by atoms with E-state index < -0.39 is 25.1 Å². The van der Waals surface area contributed by atoms with E-state index in [0.717, 1.165) is 5.56 Å². The van der Waals surface area contributed by atoms with Crippen LogP contribution in [0, 0.1) is 0 Å². The van der Waals surface area contributed by atoms with Crippen LogP contribution in [0.15, 0.2) is 36.9 Å². The number of carboxylic acids is 1. The van der Waals surface area contributed by atoms with Crippen molar-refractivity contribution in [1.29, 1.82) is 0 Å². The van der Waals surface area contributed by atoms with Crippen LogP contribution >= 0.6 is 19.0 Å². The summed E-state index contributed by atoms with van der Waals surface area (Å²) in [6, 6.07) is 6.73. The first-order valence-electron chi connectivity index (χ1n) is 10.6. The summed E-state index contributed by atoms with van der Waals surface area (Å²) in [6.45, 7) is 6.90. The number of anilines is 1. The zero-order valence-electron chi connectivity index (χ0n) is 19.4. The van der Waals surface area contributed by atoms with E-state index in [9.17, 15) is 14.5 Å². The lowest BCUT2D eigenvalue weighted by Gasteiger charge is -2.32. The number of nitrogens with two attached hydrogens (primary N) is 1. The van der Waals surface area contributed by atoms with Crippen molar-refractivity contribution in [3.63, 3.8) is 0 Å². The van der Waals surface area contributed by atoms with Crippen molar-refractivity contribution in [2.24, 2.45) is 0 Å². The Bertz CT molecular complexity index is 1200. The van der Waals surface area contributed by atoms with E-state index in [1.807, 2.05) is 26.0 Å². The SMILES string of the molecule is CC(Cn1cnc2c(N)ncnc21)OCP(=O)(N[C@H](C)c1ccc(Cl)cc1)NC(C)(C)C(=O)O. The average Bonchev–Trinajstić information content (AvgIpc) is 3.16. The van der Waals surface area contributed by atoms with Crippen LogP contribution in [0.4, 0.5) is 5.82 Å². The summed E-state index contributed by atoms with van der Waals surface area (Å²) >= 11 is 5.97. The summed E-state index contributed by atoms with van der Waals surface area (Å²) in [7, 11) is -3.53. The number of nitrogens with one attached hydrogen (secondary N) is 2. The van der Waals surface area contributed by atoms with Gasteiger partial charge in [0, 0.05) is 11.1 Å². The molecule has 13 heteroatoms. The van der Waals surface area contributed by atoms with Crippen molar-refractivity contribution < 1.29 is 19.2 Å². The number of aliphatic carboxylic acids is 1. The number of nitrogen functional groups attached to an aromatic ring is 1. The number of fused-ring (bicyclic) bond motifs is 1. The molecule has 0 aliphatic rings. The topological polar surface area (TPSA) is 157 Å². The molecule has 3 atom stereocenters. The van der Waals surface area contributed by atoms with E-state index in [1.165, 1.54) is 20.2 Å². The minimum absolute atomic E-state index is 0.243. The molecule has 5 N–H and O–H groups in total. The molecule has 2 aromatic heterocycles. The molecule has 0 fully saturated rings. The van der Waals surface area contributed by atoms with Crippen molar-refractivity contribution in [1.82, 2.24) is 29.7 Å². The molecular weight excluding hydrogens is 481 g/mol. The van der Waals surface area contributed by atoms with Gasteiger partial charge >= 0.3 is 5.97 Å². The maximum atomic E-state index is 13.9. The van der Waals surface area contributed by atoms with Crippen LogP contribution in [0.25, 0.3) is 11.2 Å². The highest BCUT2D eigenvalue weighted by molar-refractivity contribution is 7.59. The van der Waals surface area contributed by atoms with Gasteiger partial charge in [0.1, 0.15) is 23.7 Å². The second-order valence-electron chi connectivity index (χ2n) is 8.62. The van der Waals surface area contributed by atoms with Gasteiger partial charge in [0.05, 0.1) is 19.0 Å². The van der Waals surface area contributed by atoms with Gasteiger partial charge < -0.3 is 20.1 Å². The summed E-state index contributed by atoms with van der Waals surface area (Å²) in [5.41, 5.74) is 6.27. The largest absolute Gasteiger partial charge is 0.480 e. The Kier molecular flexibility index (Phi) is 7.95. The molecule has 184 valence electrons. The average molecular weight is 510 g/mol. The van der Waals surface area contributed by atoms with E-state index in [4.69, 9.17) is 22.1 Å². The lowest BCUT2D eigenvalue weighted by atomic mass is 10.1. The predicted octanol–water partition coefficient (Wildman–Crippen LogP) is 3.42. The fourth-order valence-electron chi connectivity index (χ4n) is 3.33. The van der Waals surface area contributed by atoms with Gasteiger partial charge in [0.2, 0.25) is 7.44 Å². The number of aromatic nitrogens is 4. The third-order valence-electron chi connectivity index (χ3n) is 5.19. The standard InChI is InChI=1S/C21H29ClN7O4P/c1-13(9-29-11-26-17-18(23)24-10-25-19(17)29)33-12-34(32,28-21(3,4)20(30)31)27-14(2)15-5-7-16(22)8-6-15/h5-8,10-11,13-14H,9,12H2,1-4H3,(H,30,31)(H2,23,24,25)(H2,27,28,32)/t13?,14-,34?/m1/s1. The number of nitrogens with zero attached hydrogens (tertiary/aromatic N) is 4. The molecule has 0 aliphatic carbocycles. The number of imidazole rings is 1. The number of hydrogen-bond acceptors (Lipinski definition) is 7. The molecule has 3 aromatic rings. The lowest BCUT2D eigenvalue weighted by molar-refractivity contribution is -0.142. The highest BCUT2D eigenvalue weighted by atomic mass is 35.5. The van der Waals surface area contributed by atoms with E-state index >= 15 is 0 Å². The van der Waals surface area contributed by atoms with Crippen LogP contribution < -0.4 is 15.9 Å². The number of rotatable bonds is 11. The van der Waals surface area contributed by atoms with Crippen molar-refractivity contribution in [2.75, 3.05) is 12.1 Å². The lowest BCUT2D eigenvalue weighted by Crippen LogP contribution is -2.47. The molecule has 0 amide bonds. The fourth-order valence-corrected chi connectivity index (χ4v) is 5.90. The Morgan fingerprint density at radius 3 is 2.59 bits per heavy atom. The van der Waals surface area contributed by atoms with E-state index in [1.54, 1.807) is 23.0 Å². The molecule has 0 saturated heterocycles. The highest BCUT2D eigenvalue weighted by Crippen LogP contribution is 2.42. The number of carboxylic acid groups (broad SMARTS) is 1. The van der Waals surface area contributed by atoms with Gasteiger partial charge in [0.25, 0.3) is 0 Å². The second kappa shape index (κ2) is 10.4. The van der Waals surface area contributed by atoms with E-state index in [0.29, 0.717) is 22.7 Å². The Hall–Kier alpha value is -2.56. The zero-order valence-corrected chi connectivity index (χ0v) is 21.0. The normalized spacial score (nSPS) is 15.7. The van der Waals surface area contributed by atoms with Crippen molar-refractivity contribution in [3.8, 4) is 0 Å². The van der Waals surface area contributed by atoms with Crippen LogP contribution in [-0.4, -0.2) is 48.6 Å². The Morgan fingerprint density at radius 2 is 1.94 bits per heavy atom. The number of hydrogen-bond donors (Lipinski definition) is 4. The minimum atomic E-state index is -3.53. The summed E-state index contributed by atoms with van der Waals surface area (Å²) in [4.78, 5) is 24.1. The highest BCUT2D eigenvalue weighted by Gasteiger charge is 2.37. The first kappa shape index (κ1) is 26.1. The summed E-state index contributed by atoms with van der Waals surface area (Å²) in [5.74, 6) is -0.855.